The van der Waals surface area contributed by atoms with Crippen LogP contribution in [0.5, 0.6) is 0 Å². The van der Waals surface area contributed by atoms with Gasteiger partial charge in [-0.05, 0) is 38.3 Å². The summed E-state index contributed by atoms with van der Waals surface area (Å²) in [4.78, 5) is 0. The summed E-state index contributed by atoms with van der Waals surface area (Å²) in [5.74, 6) is 1.57. The quantitative estimate of drug-likeness (QED) is 0.648. The molecule has 0 aromatic rings. The SMILES string of the molecule is CCS(=O)(=O)CCCNCCCC1CCCC1. The second-order valence-corrected chi connectivity index (χ2v) is 7.61. The summed E-state index contributed by atoms with van der Waals surface area (Å²) >= 11 is 0. The minimum Gasteiger partial charge on any atom is -0.317 e. The Kier molecular flexibility index (Phi) is 7.12. The number of hydrogen-bond acceptors (Lipinski definition) is 3. The van der Waals surface area contributed by atoms with Crippen LogP contribution in [0.3, 0.4) is 0 Å². The number of hydrogen-bond donors (Lipinski definition) is 1. The zero-order valence-electron chi connectivity index (χ0n) is 11.1. The molecule has 102 valence electrons. The number of nitrogens with one attached hydrogen (secondary N) is 1. The average Bonchev–Trinajstić information content (AvgIpc) is 2.81. The van der Waals surface area contributed by atoms with Crippen LogP contribution in [0.4, 0.5) is 0 Å². The van der Waals surface area contributed by atoms with Crippen LogP contribution in [0.15, 0.2) is 0 Å². The van der Waals surface area contributed by atoms with E-state index in [0.717, 1.165) is 25.4 Å². The molecule has 1 rings (SSSR count). The summed E-state index contributed by atoms with van der Waals surface area (Å²) < 4.78 is 22.5. The molecule has 0 heterocycles. The largest absolute Gasteiger partial charge is 0.317 e. The molecule has 0 aliphatic heterocycles. The molecule has 0 aromatic heterocycles. The van der Waals surface area contributed by atoms with Gasteiger partial charge in [-0.15, -0.1) is 0 Å². The van der Waals surface area contributed by atoms with Gasteiger partial charge in [0, 0.05) is 5.75 Å². The van der Waals surface area contributed by atoms with Crippen molar-refractivity contribution in [2.24, 2.45) is 5.92 Å². The molecule has 0 unspecified atom stereocenters. The third-order valence-corrected chi connectivity index (χ3v) is 5.48. The smallest absolute Gasteiger partial charge is 0.150 e. The fourth-order valence-corrected chi connectivity index (χ4v) is 3.37. The highest BCUT2D eigenvalue weighted by Gasteiger charge is 2.13. The van der Waals surface area contributed by atoms with Crippen LogP contribution in [0, 0.1) is 5.92 Å². The van der Waals surface area contributed by atoms with Gasteiger partial charge in [-0.3, -0.25) is 0 Å². The van der Waals surface area contributed by atoms with Crippen LogP contribution in [-0.2, 0) is 9.84 Å². The van der Waals surface area contributed by atoms with Crippen LogP contribution < -0.4 is 5.32 Å². The fourth-order valence-electron chi connectivity index (χ4n) is 2.50. The Labute approximate surface area is 106 Å². The van der Waals surface area contributed by atoms with E-state index in [1.165, 1.54) is 38.5 Å². The minimum absolute atomic E-state index is 0.273. The first-order valence-electron chi connectivity index (χ1n) is 7.05. The molecule has 0 radical (unpaired) electrons. The normalized spacial score (nSPS) is 17.7. The maximum Gasteiger partial charge on any atom is 0.150 e. The second-order valence-electron chi connectivity index (χ2n) is 5.13. The van der Waals surface area contributed by atoms with E-state index in [-0.39, 0.29) is 5.75 Å². The summed E-state index contributed by atoms with van der Waals surface area (Å²) in [5.41, 5.74) is 0. The molecule has 1 saturated carbocycles. The van der Waals surface area contributed by atoms with Crippen molar-refractivity contribution < 1.29 is 8.42 Å². The van der Waals surface area contributed by atoms with Crippen molar-refractivity contribution in [1.82, 2.24) is 5.32 Å². The Hall–Kier alpha value is -0.0900. The lowest BCUT2D eigenvalue weighted by molar-refractivity contribution is 0.470. The molecular formula is C13H27NO2S. The van der Waals surface area contributed by atoms with Gasteiger partial charge >= 0.3 is 0 Å². The van der Waals surface area contributed by atoms with Gasteiger partial charge in [0.2, 0.25) is 0 Å². The van der Waals surface area contributed by atoms with E-state index in [2.05, 4.69) is 5.32 Å². The molecule has 1 N–H and O–H groups in total. The Morgan fingerprint density at radius 3 is 2.41 bits per heavy atom. The summed E-state index contributed by atoms with van der Waals surface area (Å²) in [6.07, 6.45) is 9.04. The lowest BCUT2D eigenvalue weighted by Crippen LogP contribution is -2.20. The molecule has 0 saturated heterocycles. The summed E-state index contributed by atoms with van der Waals surface area (Å²) in [6.45, 7) is 3.59. The lowest BCUT2D eigenvalue weighted by atomic mass is 10.0. The minimum atomic E-state index is -2.77. The molecular weight excluding hydrogens is 234 g/mol. The molecule has 0 atom stereocenters. The molecule has 0 amide bonds. The molecule has 0 spiro atoms. The Morgan fingerprint density at radius 2 is 1.76 bits per heavy atom. The summed E-state index contributed by atoms with van der Waals surface area (Å²) in [5, 5.41) is 3.34. The predicted octanol–water partition coefficient (Wildman–Crippen LogP) is 2.37. The predicted molar refractivity (Wildman–Crippen MR) is 73.0 cm³/mol. The zero-order valence-corrected chi connectivity index (χ0v) is 11.9. The topological polar surface area (TPSA) is 46.2 Å². The molecule has 1 aliphatic rings. The highest BCUT2D eigenvalue weighted by molar-refractivity contribution is 7.91. The first kappa shape index (κ1) is 15.0. The van der Waals surface area contributed by atoms with Gasteiger partial charge in [-0.25, -0.2) is 8.42 Å². The zero-order chi connectivity index (χ0) is 12.6. The van der Waals surface area contributed by atoms with E-state index in [1.54, 1.807) is 6.92 Å². The van der Waals surface area contributed by atoms with Gasteiger partial charge < -0.3 is 5.32 Å². The highest BCUT2D eigenvalue weighted by Crippen LogP contribution is 2.28. The van der Waals surface area contributed by atoms with Gasteiger partial charge in [-0.1, -0.05) is 32.6 Å². The second kappa shape index (κ2) is 8.09. The van der Waals surface area contributed by atoms with Crippen molar-refractivity contribution in [3.63, 3.8) is 0 Å². The number of rotatable bonds is 9. The van der Waals surface area contributed by atoms with Crippen molar-refractivity contribution in [1.29, 1.82) is 0 Å². The van der Waals surface area contributed by atoms with Crippen molar-refractivity contribution in [2.45, 2.75) is 51.9 Å². The molecule has 0 aromatic carbocycles. The highest BCUT2D eigenvalue weighted by atomic mass is 32.2. The van der Waals surface area contributed by atoms with E-state index >= 15 is 0 Å². The van der Waals surface area contributed by atoms with Gasteiger partial charge in [0.25, 0.3) is 0 Å². The molecule has 4 heteroatoms. The van der Waals surface area contributed by atoms with E-state index < -0.39 is 9.84 Å². The van der Waals surface area contributed by atoms with Crippen molar-refractivity contribution in [2.75, 3.05) is 24.6 Å². The maximum absolute atomic E-state index is 11.2. The van der Waals surface area contributed by atoms with Crippen molar-refractivity contribution in [3.8, 4) is 0 Å². The van der Waals surface area contributed by atoms with Crippen LogP contribution in [-0.4, -0.2) is 33.0 Å². The van der Waals surface area contributed by atoms with Crippen molar-refractivity contribution in [3.05, 3.63) is 0 Å². The van der Waals surface area contributed by atoms with E-state index in [4.69, 9.17) is 0 Å². The summed E-state index contributed by atoms with van der Waals surface area (Å²) in [7, 11) is -2.77. The first-order valence-corrected chi connectivity index (χ1v) is 8.87. The van der Waals surface area contributed by atoms with Gasteiger partial charge in [0.15, 0.2) is 0 Å². The number of sulfone groups is 1. The van der Waals surface area contributed by atoms with Crippen LogP contribution in [0.1, 0.15) is 51.9 Å². The van der Waals surface area contributed by atoms with Crippen molar-refractivity contribution >= 4 is 9.84 Å². The van der Waals surface area contributed by atoms with E-state index in [9.17, 15) is 8.42 Å². The van der Waals surface area contributed by atoms with Crippen LogP contribution in [0.2, 0.25) is 0 Å². The molecule has 17 heavy (non-hydrogen) atoms. The first-order chi connectivity index (χ1) is 8.14. The molecule has 1 aliphatic carbocycles. The monoisotopic (exact) mass is 261 g/mol. The van der Waals surface area contributed by atoms with Crippen LogP contribution in [0.25, 0.3) is 0 Å². The molecule has 1 fully saturated rings. The Morgan fingerprint density at radius 1 is 1.12 bits per heavy atom. The standard InChI is InChI=1S/C13H27NO2S/c1-2-17(15,16)12-6-11-14-10-5-9-13-7-3-4-8-13/h13-14H,2-12H2,1H3. The van der Waals surface area contributed by atoms with E-state index in [1.807, 2.05) is 0 Å². The van der Waals surface area contributed by atoms with Gasteiger partial charge in [0.05, 0.1) is 5.75 Å². The van der Waals surface area contributed by atoms with Crippen LogP contribution >= 0.6 is 0 Å². The fraction of sp³-hybridized carbons (Fsp3) is 1.00. The van der Waals surface area contributed by atoms with E-state index in [0.29, 0.717) is 5.75 Å². The third-order valence-electron chi connectivity index (χ3n) is 3.69. The third kappa shape index (κ3) is 7.04. The van der Waals surface area contributed by atoms with Gasteiger partial charge in [0.1, 0.15) is 9.84 Å². The average molecular weight is 261 g/mol. The maximum atomic E-state index is 11.2. The Balaban J connectivity index is 1.87. The molecule has 3 nitrogen and oxygen atoms in total. The summed E-state index contributed by atoms with van der Waals surface area (Å²) in [6, 6.07) is 0. The lowest BCUT2D eigenvalue weighted by Gasteiger charge is -2.09. The van der Waals surface area contributed by atoms with Gasteiger partial charge in [-0.2, -0.15) is 0 Å². The molecule has 0 bridgehead atoms. The Bertz CT molecular complexity index is 282.